The van der Waals surface area contributed by atoms with Crippen molar-refractivity contribution in [1.29, 1.82) is 0 Å². The van der Waals surface area contributed by atoms with E-state index >= 15 is 0 Å². The highest BCUT2D eigenvalue weighted by atomic mass is 15.2. The summed E-state index contributed by atoms with van der Waals surface area (Å²) in [6.07, 6.45) is 6.78. The van der Waals surface area contributed by atoms with E-state index in [1.54, 1.807) is 0 Å². The van der Waals surface area contributed by atoms with Gasteiger partial charge in [-0.05, 0) is 281 Å². The third kappa shape index (κ3) is 12.9. The van der Waals surface area contributed by atoms with Crippen molar-refractivity contribution < 1.29 is 0 Å². The van der Waals surface area contributed by atoms with Crippen molar-refractivity contribution in [3.05, 3.63) is 346 Å². The Morgan fingerprint density at radius 2 is 0.538 bits per heavy atom. The van der Waals surface area contributed by atoms with Gasteiger partial charge in [-0.15, -0.1) is 0 Å². The van der Waals surface area contributed by atoms with Crippen molar-refractivity contribution in [2.75, 3.05) is 19.6 Å². The standard InChI is InChI=1S/C87H82N4/c1-61-24-36-73(37-25-61)88(74-38-26-62(2)27-39-74)77-44-32-71(33-45-77)87(52-10-9-11-53-87)72-34-46-78(47-35-72)89(75-40-28-63(3)29-41-75)76-42-30-69(31-43-76)59-70-19-15-23-82(60-70)91(81-22-14-18-66(6)56-81)84-49-51-86(68(8)58-84)85-50-48-83(57-67(85)7)90(79-20-12-16-64(4)54-79)80-21-13-17-65(5)55-80/h12-51,54-58,60H,9-11,52-53,59H2,1-8H3. The SMILES string of the molecule is Cc1ccc(N(c2ccc(C)cc2)c2ccc(C3(c4ccc(N(c5ccc(C)cc5)c5ccc(Cc6cccc(N(c7cccc(C)c7)c7ccc(-c8ccc(N(c9cccc(C)c9)c9cccc(C)c9)cc8C)c(C)c7)c6)cc5)cc4)CCCCC3)cc2)cc1. The Balaban J connectivity index is 0.767. The van der Waals surface area contributed by atoms with Crippen LogP contribution in [0.1, 0.15) is 98.9 Å². The molecule has 0 radical (unpaired) electrons. The minimum atomic E-state index is -0.0653. The normalized spacial score (nSPS) is 12.7. The highest BCUT2D eigenvalue weighted by molar-refractivity contribution is 5.85. The molecule has 0 atom stereocenters. The fraction of sp³-hybridized carbons (Fsp3) is 0.172. The number of benzene rings is 12. The van der Waals surface area contributed by atoms with Crippen molar-refractivity contribution >= 4 is 68.2 Å². The first-order valence-corrected chi connectivity index (χ1v) is 32.5. The van der Waals surface area contributed by atoms with E-state index in [1.165, 1.54) is 103 Å². The van der Waals surface area contributed by atoms with Gasteiger partial charge < -0.3 is 19.6 Å². The smallest absolute Gasteiger partial charge is 0.0464 e. The molecule has 0 unspecified atom stereocenters. The van der Waals surface area contributed by atoms with Gasteiger partial charge in [-0.25, -0.2) is 0 Å². The van der Waals surface area contributed by atoms with Gasteiger partial charge in [0.2, 0.25) is 0 Å². The van der Waals surface area contributed by atoms with Crippen LogP contribution in [0.5, 0.6) is 0 Å². The van der Waals surface area contributed by atoms with E-state index in [2.05, 4.69) is 354 Å². The Bertz CT molecular complexity index is 4390. The first-order valence-electron chi connectivity index (χ1n) is 32.5. The van der Waals surface area contributed by atoms with Crippen molar-refractivity contribution in [2.24, 2.45) is 0 Å². The Labute approximate surface area is 541 Å². The third-order valence-corrected chi connectivity index (χ3v) is 18.7. The van der Waals surface area contributed by atoms with Crippen LogP contribution in [0.2, 0.25) is 0 Å². The van der Waals surface area contributed by atoms with E-state index in [0.717, 1.165) is 81.8 Å². The van der Waals surface area contributed by atoms with Gasteiger partial charge in [-0.2, -0.15) is 0 Å². The largest absolute Gasteiger partial charge is 0.311 e. The lowest BCUT2D eigenvalue weighted by Gasteiger charge is -2.39. The maximum Gasteiger partial charge on any atom is 0.0464 e. The van der Waals surface area contributed by atoms with Gasteiger partial charge in [-0.1, -0.05) is 169 Å². The predicted octanol–water partition coefficient (Wildman–Crippen LogP) is 24.5. The molecule has 450 valence electrons. The zero-order valence-electron chi connectivity index (χ0n) is 54.1. The van der Waals surface area contributed by atoms with Crippen molar-refractivity contribution in [1.82, 2.24) is 0 Å². The number of rotatable bonds is 17. The molecule has 4 heteroatoms. The molecule has 0 heterocycles. The predicted molar refractivity (Wildman–Crippen MR) is 388 cm³/mol. The lowest BCUT2D eigenvalue weighted by Crippen LogP contribution is -2.30. The third-order valence-electron chi connectivity index (χ3n) is 18.7. The summed E-state index contributed by atoms with van der Waals surface area (Å²) in [5.74, 6) is 0. The minimum Gasteiger partial charge on any atom is -0.311 e. The molecule has 4 nitrogen and oxygen atoms in total. The lowest BCUT2D eigenvalue weighted by molar-refractivity contribution is 0.346. The Kier molecular flexibility index (Phi) is 17.2. The summed E-state index contributed by atoms with van der Waals surface area (Å²) in [6, 6.07) is 104. The molecule has 1 fully saturated rings. The van der Waals surface area contributed by atoms with E-state index in [1.807, 2.05) is 0 Å². The Morgan fingerprint density at radius 1 is 0.242 bits per heavy atom. The summed E-state index contributed by atoms with van der Waals surface area (Å²) in [6.45, 7) is 17.5. The average Bonchev–Trinajstić information content (AvgIpc) is 1.08. The van der Waals surface area contributed by atoms with Crippen LogP contribution in [-0.4, -0.2) is 0 Å². The summed E-state index contributed by atoms with van der Waals surface area (Å²) < 4.78 is 0. The summed E-state index contributed by atoms with van der Waals surface area (Å²) in [5.41, 5.74) is 31.3. The first kappa shape index (κ1) is 59.8. The van der Waals surface area contributed by atoms with Crippen LogP contribution < -0.4 is 19.6 Å². The molecule has 0 bridgehead atoms. The van der Waals surface area contributed by atoms with Crippen molar-refractivity contribution in [3.8, 4) is 11.1 Å². The monoisotopic (exact) mass is 1180 g/mol. The molecular weight excluding hydrogens is 1100 g/mol. The van der Waals surface area contributed by atoms with Crippen LogP contribution in [-0.2, 0) is 11.8 Å². The molecule has 0 aromatic heterocycles. The second-order valence-corrected chi connectivity index (χ2v) is 25.6. The molecule has 0 amide bonds. The van der Waals surface area contributed by atoms with Crippen LogP contribution in [0.4, 0.5) is 68.2 Å². The maximum atomic E-state index is 2.42. The molecule has 0 saturated heterocycles. The van der Waals surface area contributed by atoms with Gasteiger partial charge in [0.05, 0.1) is 0 Å². The number of hydrogen-bond donors (Lipinski definition) is 0. The second kappa shape index (κ2) is 26.1. The number of anilines is 12. The summed E-state index contributed by atoms with van der Waals surface area (Å²) in [4.78, 5) is 9.58. The van der Waals surface area contributed by atoms with Gasteiger partial charge in [0.25, 0.3) is 0 Å². The maximum absolute atomic E-state index is 2.42. The first-order chi connectivity index (χ1) is 44.3. The number of aryl methyl sites for hydroxylation is 8. The Morgan fingerprint density at radius 3 is 0.890 bits per heavy atom. The zero-order chi connectivity index (χ0) is 62.6. The molecule has 12 aromatic carbocycles. The molecule has 1 aliphatic carbocycles. The lowest BCUT2D eigenvalue weighted by atomic mass is 9.65. The molecule has 0 spiro atoms. The van der Waals surface area contributed by atoms with Crippen LogP contribution in [0.3, 0.4) is 0 Å². The van der Waals surface area contributed by atoms with Gasteiger partial charge >= 0.3 is 0 Å². The molecule has 13 rings (SSSR count). The fourth-order valence-corrected chi connectivity index (χ4v) is 13.9. The average molecular weight is 1180 g/mol. The topological polar surface area (TPSA) is 13.0 Å². The quantitative estimate of drug-likeness (QED) is 0.0901. The van der Waals surface area contributed by atoms with Crippen molar-refractivity contribution in [3.63, 3.8) is 0 Å². The van der Waals surface area contributed by atoms with Gasteiger partial charge in [0.1, 0.15) is 0 Å². The molecule has 91 heavy (non-hydrogen) atoms. The second-order valence-electron chi connectivity index (χ2n) is 25.6. The molecule has 0 aliphatic heterocycles. The summed E-state index contributed by atoms with van der Waals surface area (Å²) in [7, 11) is 0. The van der Waals surface area contributed by atoms with Crippen LogP contribution in [0.25, 0.3) is 11.1 Å². The van der Waals surface area contributed by atoms with Crippen LogP contribution in [0, 0.1) is 55.4 Å². The van der Waals surface area contributed by atoms with E-state index < -0.39 is 0 Å². The molecular formula is C87H82N4. The molecule has 1 saturated carbocycles. The number of hydrogen-bond acceptors (Lipinski definition) is 4. The zero-order valence-corrected chi connectivity index (χ0v) is 54.1. The van der Waals surface area contributed by atoms with E-state index in [4.69, 9.17) is 0 Å². The van der Waals surface area contributed by atoms with Gasteiger partial charge in [0, 0.05) is 73.7 Å². The van der Waals surface area contributed by atoms with E-state index in [-0.39, 0.29) is 5.41 Å². The molecule has 0 N–H and O–H groups in total. The fourth-order valence-electron chi connectivity index (χ4n) is 13.9. The van der Waals surface area contributed by atoms with E-state index in [9.17, 15) is 0 Å². The minimum absolute atomic E-state index is 0.0653. The van der Waals surface area contributed by atoms with Gasteiger partial charge in [0.15, 0.2) is 0 Å². The number of nitrogens with zero attached hydrogens (tertiary/aromatic N) is 4. The highest BCUT2D eigenvalue weighted by Crippen LogP contribution is 2.48. The summed E-state index contributed by atoms with van der Waals surface area (Å²) in [5, 5.41) is 0. The van der Waals surface area contributed by atoms with Crippen LogP contribution >= 0.6 is 0 Å². The van der Waals surface area contributed by atoms with Crippen molar-refractivity contribution in [2.45, 2.75) is 99.3 Å². The highest BCUT2D eigenvalue weighted by Gasteiger charge is 2.36. The van der Waals surface area contributed by atoms with Crippen LogP contribution in [0.15, 0.2) is 279 Å². The summed E-state index contributed by atoms with van der Waals surface area (Å²) >= 11 is 0. The molecule has 12 aromatic rings. The molecule has 1 aliphatic rings. The van der Waals surface area contributed by atoms with E-state index in [0.29, 0.717) is 0 Å². The Hall–Kier alpha value is -10.2. The van der Waals surface area contributed by atoms with Gasteiger partial charge in [-0.3, -0.25) is 0 Å².